The minimum Gasteiger partial charge on any atom is -0.465 e. The van der Waals surface area contributed by atoms with Gasteiger partial charge < -0.3 is 45.9 Å². The van der Waals surface area contributed by atoms with E-state index >= 15 is 0 Å². The van der Waals surface area contributed by atoms with Crippen molar-refractivity contribution in [3.63, 3.8) is 0 Å². The summed E-state index contributed by atoms with van der Waals surface area (Å²) in [6.45, 7) is 0.697. The van der Waals surface area contributed by atoms with Crippen molar-refractivity contribution < 1.29 is 38.6 Å². The minimum absolute atomic E-state index is 0.328. The third-order valence-corrected chi connectivity index (χ3v) is 10.5. The number of hydrogen-bond donors (Lipinski definition) is 6. The van der Waals surface area contributed by atoms with Gasteiger partial charge in [0.15, 0.2) is 0 Å². The predicted molar refractivity (Wildman–Crippen MR) is 216 cm³/mol. The van der Waals surface area contributed by atoms with Gasteiger partial charge in [0, 0.05) is 41.1 Å². The Hall–Kier alpha value is -7.16. The number of carboxylic acid groups (broad SMARTS) is 1. The fraction of sp³-hybridized carbons (Fsp3) is 0.256. The summed E-state index contributed by atoms with van der Waals surface area (Å²) in [6.07, 6.45) is 0.0657. The van der Waals surface area contributed by atoms with E-state index in [1.165, 1.54) is 16.9 Å². The number of nitrogens with zero attached hydrogens (tertiary/aromatic N) is 2. The molecule has 5 aromatic rings. The first kappa shape index (κ1) is 39.1. The Kier molecular flexibility index (Phi) is 11.7. The average Bonchev–Trinajstić information content (AvgIpc) is 4.03. The molecule has 0 bridgehead atoms. The van der Waals surface area contributed by atoms with Gasteiger partial charge in [0.05, 0.1) is 7.11 Å². The fourth-order valence-electron chi connectivity index (χ4n) is 7.65. The van der Waals surface area contributed by atoms with Crippen LogP contribution >= 0.6 is 0 Å². The van der Waals surface area contributed by atoms with Crippen LogP contribution < -0.4 is 21.3 Å². The molecule has 6 N–H and O–H groups in total. The zero-order valence-corrected chi connectivity index (χ0v) is 31.6. The molecule has 15 heteroatoms. The molecule has 0 aliphatic carbocycles. The molecule has 6 amide bonds. The Morgan fingerprint density at radius 1 is 0.672 bits per heavy atom. The maximum absolute atomic E-state index is 13.7. The largest absolute Gasteiger partial charge is 0.465 e. The highest BCUT2D eigenvalue weighted by Crippen LogP contribution is 2.30. The first-order valence-electron chi connectivity index (χ1n) is 19.0. The Balaban J connectivity index is 0.991. The highest BCUT2D eigenvalue weighted by atomic mass is 16.5. The molecule has 3 heterocycles. The van der Waals surface area contributed by atoms with Crippen LogP contribution in [0.2, 0.25) is 0 Å². The number of rotatable bonds is 11. The molecule has 298 valence electrons. The van der Waals surface area contributed by atoms with Crippen LogP contribution in [0.15, 0.2) is 109 Å². The normalized spacial score (nSPS) is 17.3. The maximum Gasteiger partial charge on any atom is 0.407 e. The van der Waals surface area contributed by atoms with Crippen molar-refractivity contribution in [2.24, 2.45) is 0 Å². The zero-order valence-electron chi connectivity index (χ0n) is 31.6. The lowest BCUT2D eigenvalue weighted by Crippen LogP contribution is -2.48. The van der Waals surface area contributed by atoms with Crippen molar-refractivity contribution in [1.82, 2.24) is 25.4 Å². The van der Waals surface area contributed by atoms with Gasteiger partial charge in [0.2, 0.25) is 11.8 Å². The first-order chi connectivity index (χ1) is 28.1. The first-order valence-corrected chi connectivity index (χ1v) is 19.0. The number of likely N-dealkylation sites (tertiary alicyclic amines) is 2. The highest BCUT2D eigenvalue weighted by Gasteiger charge is 2.40. The van der Waals surface area contributed by atoms with Gasteiger partial charge in [0.25, 0.3) is 11.8 Å². The van der Waals surface area contributed by atoms with Crippen LogP contribution in [0.5, 0.6) is 0 Å². The molecule has 15 nitrogen and oxygen atoms in total. The monoisotopic (exact) mass is 785 g/mol. The summed E-state index contributed by atoms with van der Waals surface area (Å²) in [6, 6.07) is 28.4. The smallest absolute Gasteiger partial charge is 0.407 e. The van der Waals surface area contributed by atoms with Crippen LogP contribution in [0.4, 0.5) is 21.0 Å². The van der Waals surface area contributed by atoms with Gasteiger partial charge in [-0.15, -0.1) is 0 Å². The Morgan fingerprint density at radius 2 is 1.19 bits per heavy atom. The lowest BCUT2D eigenvalue weighted by molar-refractivity contribution is -0.138. The van der Waals surface area contributed by atoms with Gasteiger partial charge in [0.1, 0.15) is 24.2 Å². The van der Waals surface area contributed by atoms with Crippen LogP contribution in [0, 0.1) is 0 Å². The van der Waals surface area contributed by atoms with Gasteiger partial charge in [-0.05, 0) is 78.8 Å². The molecule has 0 unspecified atom stereocenters. The number of nitrogens with one attached hydrogen (secondary N) is 5. The number of amides is 6. The van der Waals surface area contributed by atoms with E-state index in [1.807, 2.05) is 36.4 Å². The number of aromatic nitrogens is 1. The number of aromatic amines is 1. The van der Waals surface area contributed by atoms with E-state index in [2.05, 4.69) is 26.3 Å². The molecule has 4 aromatic carbocycles. The lowest BCUT2D eigenvalue weighted by Gasteiger charge is -2.28. The van der Waals surface area contributed by atoms with Crippen molar-refractivity contribution in [3.8, 4) is 11.3 Å². The molecule has 2 aliphatic heterocycles. The van der Waals surface area contributed by atoms with Crippen molar-refractivity contribution in [2.75, 3.05) is 30.8 Å². The summed E-state index contributed by atoms with van der Waals surface area (Å²) < 4.78 is 4.76. The number of benzene rings is 4. The van der Waals surface area contributed by atoms with Gasteiger partial charge in [-0.3, -0.25) is 19.2 Å². The van der Waals surface area contributed by atoms with Crippen LogP contribution in [0.1, 0.15) is 48.9 Å². The van der Waals surface area contributed by atoms with Crippen LogP contribution in [0.3, 0.4) is 0 Å². The summed E-state index contributed by atoms with van der Waals surface area (Å²) in [5.41, 5.74) is 4.64. The molecule has 4 atom stereocenters. The number of hydrogen-bond acceptors (Lipinski definition) is 7. The summed E-state index contributed by atoms with van der Waals surface area (Å²) in [7, 11) is 1.22. The second kappa shape index (κ2) is 17.3. The van der Waals surface area contributed by atoms with Gasteiger partial charge in [-0.1, -0.05) is 72.8 Å². The quantitative estimate of drug-likeness (QED) is 0.0964. The van der Waals surface area contributed by atoms with E-state index < -0.39 is 48.2 Å². The topological polar surface area (TPSA) is 202 Å². The van der Waals surface area contributed by atoms with E-state index in [4.69, 9.17) is 4.74 Å². The van der Waals surface area contributed by atoms with Crippen molar-refractivity contribution in [2.45, 2.75) is 49.9 Å². The molecule has 0 radical (unpaired) electrons. The van der Waals surface area contributed by atoms with Gasteiger partial charge >= 0.3 is 12.2 Å². The maximum atomic E-state index is 13.7. The molecular weight excluding hydrogens is 743 g/mol. The summed E-state index contributed by atoms with van der Waals surface area (Å²) in [5, 5.41) is 21.1. The molecular formula is C43H43N7O8. The Bertz CT molecular complexity index is 2320. The minimum atomic E-state index is -1.34. The standard InChI is InChI=1S/C43H43N7O8/c1-58-43(57)48-37(28-12-6-3-7-13-28)41(54)50-23-8-14-34(50)38(51)44-30-18-16-26(17-19-30)33-25-29-24-31(20-21-32(29)46-33)45-39(52)35-15-9-22-49(35)40(53)36(47-42(55)56)27-10-4-2-5-11-27/h2-7,10-13,16-21,24-25,34-37,46-47H,8-9,14-15,22-23H2,1H3,(H,44,51)(H,45,52)(H,48,57)(H,55,56)/t34-,35-,36+,37+/m0/s1. The summed E-state index contributed by atoms with van der Waals surface area (Å²) >= 11 is 0. The number of anilines is 2. The van der Waals surface area contributed by atoms with Crippen molar-refractivity contribution in [3.05, 3.63) is 120 Å². The number of methoxy groups -OCH3 is 1. The van der Waals surface area contributed by atoms with Crippen LogP contribution in [-0.2, 0) is 23.9 Å². The number of carbonyl (C=O) groups is 6. The molecule has 1 aromatic heterocycles. The highest BCUT2D eigenvalue weighted by molar-refractivity contribution is 6.01. The van der Waals surface area contributed by atoms with Gasteiger partial charge in [-0.25, -0.2) is 9.59 Å². The Morgan fingerprint density at radius 3 is 1.72 bits per heavy atom. The second-order valence-corrected chi connectivity index (χ2v) is 14.2. The van der Waals surface area contributed by atoms with E-state index in [-0.39, 0.29) is 11.8 Å². The molecule has 2 aliphatic rings. The van der Waals surface area contributed by atoms with Crippen molar-refractivity contribution in [1.29, 1.82) is 0 Å². The molecule has 2 fully saturated rings. The fourth-order valence-corrected chi connectivity index (χ4v) is 7.65. The SMILES string of the molecule is COC(=O)N[C@@H](C(=O)N1CCC[C@H]1C(=O)Nc1ccc(-c2cc3cc(NC(=O)[C@@H]4CCCN4C(=O)[C@H](NC(=O)O)c4ccccc4)ccc3[nH]2)cc1)c1ccccc1. The van der Waals surface area contributed by atoms with E-state index in [1.54, 1.807) is 72.8 Å². The molecule has 0 saturated carbocycles. The second-order valence-electron chi connectivity index (χ2n) is 14.2. The van der Waals surface area contributed by atoms with E-state index in [9.17, 15) is 33.9 Å². The van der Waals surface area contributed by atoms with Crippen molar-refractivity contribution >= 4 is 58.1 Å². The number of alkyl carbamates (subject to hydrolysis) is 1. The van der Waals surface area contributed by atoms with Crippen LogP contribution in [-0.4, -0.2) is 88.0 Å². The molecule has 7 rings (SSSR count). The Labute approximate surface area is 333 Å². The summed E-state index contributed by atoms with van der Waals surface area (Å²) in [4.78, 5) is 84.4. The number of fused-ring (bicyclic) bond motifs is 1. The van der Waals surface area contributed by atoms with Gasteiger partial charge in [-0.2, -0.15) is 0 Å². The predicted octanol–water partition coefficient (Wildman–Crippen LogP) is 5.80. The number of ether oxygens (including phenoxy) is 1. The van der Waals surface area contributed by atoms with E-state index in [0.717, 1.165) is 22.2 Å². The third-order valence-electron chi connectivity index (χ3n) is 10.5. The molecule has 58 heavy (non-hydrogen) atoms. The zero-order chi connectivity index (χ0) is 40.8. The van der Waals surface area contributed by atoms with E-state index in [0.29, 0.717) is 61.3 Å². The number of carbonyl (C=O) groups excluding carboxylic acids is 5. The number of H-pyrrole nitrogens is 1. The summed E-state index contributed by atoms with van der Waals surface area (Å²) in [5.74, 6) is -1.58. The molecule has 0 spiro atoms. The lowest BCUT2D eigenvalue weighted by atomic mass is 10.0. The third kappa shape index (κ3) is 8.63. The average molecular weight is 786 g/mol. The molecule has 2 saturated heterocycles. The van der Waals surface area contributed by atoms with Crippen LogP contribution in [0.25, 0.3) is 22.2 Å².